The summed E-state index contributed by atoms with van der Waals surface area (Å²) < 4.78 is 8.76. The van der Waals surface area contributed by atoms with E-state index in [-0.39, 0.29) is 17.6 Å². The summed E-state index contributed by atoms with van der Waals surface area (Å²) >= 11 is 0. The topological polar surface area (TPSA) is 69.4 Å². The minimum Gasteiger partial charge on any atom is -0.497 e. The van der Waals surface area contributed by atoms with E-state index in [9.17, 15) is 9.59 Å². The van der Waals surface area contributed by atoms with Crippen molar-refractivity contribution < 1.29 is 9.53 Å². The first-order chi connectivity index (χ1) is 16.1. The van der Waals surface area contributed by atoms with Crippen molar-refractivity contribution in [2.24, 2.45) is 0 Å². The average Bonchev–Trinajstić information content (AvgIpc) is 3.45. The molecule has 1 fully saturated rings. The lowest BCUT2D eigenvalue weighted by Gasteiger charge is -2.15. The fourth-order valence-corrected chi connectivity index (χ4v) is 4.56. The molecule has 0 bridgehead atoms. The molecule has 2 aromatic carbocycles. The van der Waals surface area contributed by atoms with Gasteiger partial charge in [-0.25, -0.2) is 4.79 Å². The summed E-state index contributed by atoms with van der Waals surface area (Å²) in [5, 5.41) is 0. The lowest BCUT2D eigenvalue weighted by molar-refractivity contribution is -0.125. The van der Waals surface area contributed by atoms with Crippen LogP contribution in [0.4, 0.5) is 0 Å². The summed E-state index contributed by atoms with van der Waals surface area (Å²) in [4.78, 5) is 31.8. The Labute approximate surface area is 191 Å². The Morgan fingerprint density at radius 3 is 2.70 bits per heavy atom. The zero-order valence-corrected chi connectivity index (χ0v) is 18.3. The van der Waals surface area contributed by atoms with Crippen molar-refractivity contribution in [2.75, 3.05) is 20.2 Å². The second kappa shape index (κ2) is 8.43. The van der Waals surface area contributed by atoms with Gasteiger partial charge in [-0.2, -0.15) is 0 Å². The minimum atomic E-state index is -0.136. The van der Waals surface area contributed by atoms with Crippen molar-refractivity contribution >= 4 is 16.9 Å². The van der Waals surface area contributed by atoms with E-state index < -0.39 is 0 Å². The van der Waals surface area contributed by atoms with Crippen molar-refractivity contribution in [2.45, 2.75) is 12.5 Å². The maximum atomic E-state index is 13.7. The van der Waals surface area contributed by atoms with Crippen LogP contribution in [0, 0.1) is 0 Å². The Hall–Kier alpha value is -4.13. The predicted molar refractivity (Wildman–Crippen MR) is 128 cm³/mol. The largest absolute Gasteiger partial charge is 0.497 e. The third-order valence-electron chi connectivity index (χ3n) is 6.22. The SMILES string of the molecule is C=CC(=O)N1CC[C@@H](n2c(=O)n(-c3cccc(-c4ccc(OC)cc4)c3)c3cnccc32)C1. The van der Waals surface area contributed by atoms with Gasteiger partial charge in [0.1, 0.15) is 5.75 Å². The minimum absolute atomic E-state index is 0.0997. The molecule has 0 saturated carbocycles. The van der Waals surface area contributed by atoms with Crippen molar-refractivity contribution in [3.63, 3.8) is 0 Å². The summed E-state index contributed by atoms with van der Waals surface area (Å²) in [5.41, 5.74) is 4.20. The van der Waals surface area contributed by atoms with Gasteiger partial charge in [-0.3, -0.25) is 18.9 Å². The number of likely N-dealkylation sites (tertiary alicyclic amines) is 1. The molecule has 33 heavy (non-hydrogen) atoms. The van der Waals surface area contributed by atoms with Gasteiger partial charge in [0.25, 0.3) is 0 Å². The molecule has 0 radical (unpaired) electrons. The number of rotatable bonds is 5. The van der Waals surface area contributed by atoms with Crippen LogP contribution in [0.5, 0.6) is 5.75 Å². The second-order valence-electron chi connectivity index (χ2n) is 8.06. The summed E-state index contributed by atoms with van der Waals surface area (Å²) in [6, 6.07) is 17.5. The molecule has 0 spiro atoms. The number of carbonyl (C=O) groups excluding carboxylic acids is 1. The van der Waals surface area contributed by atoms with Crippen molar-refractivity contribution in [3.05, 3.63) is 90.1 Å². The molecule has 166 valence electrons. The van der Waals surface area contributed by atoms with Crippen LogP contribution in [0.15, 0.2) is 84.4 Å². The molecule has 4 aromatic rings. The third kappa shape index (κ3) is 3.61. The van der Waals surface area contributed by atoms with Crippen LogP contribution in [0.2, 0.25) is 0 Å². The van der Waals surface area contributed by atoms with Crippen LogP contribution in [-0.2, 0) is 4.79 Å². The fourth-order valence-electron chi connectivity index (χ4n) is 4.56. The molecule has 5 rings (SSSR count). The Morgan fingerprint density at radius 1 is 1.12 bits per heavy atom. The predicted octanol–water partition coefficient (Wildman–Crippen LogP) is 3.82. The Morgan fingerprint density at radius 2 is 1.94 bits per heavy atom. The van der Waals surface area contributed by atoms with Crippen LogP contribution in [-0.4, -0.2) is 45.1 Å². The number of fused-ring (bicyclic) bond motifs is 1. The van der Waals surface area contributed by atoms with E-state index >= 15 is 0 Å². The number of benzene rings is 2. The molecule has 1 saturated heterocycles. The van der Waals surface area contributed by atoms with E-state index in [1.54, 1.807) is 33.5 Å². The van der Waals surface area contributed by atoms with Crippen molar-refractivity contribution in [1.29, 1.82) is 0 Å². The van der Waals surface area contributed by atoms with Crippen molar-refractivity contribution in [3.8, 4) is 22.6 Å². The third-order valence-corrected chi connectivity index (χ3v) is 6.22. The van der Waals surface area contributed by atoms with Gasteiger partial charge >= 0.3 is 5.69 Å². The van der Waals surface area contributed by atoms with E-state index in [1.807, 2.05) is 54.6 Å². The molecule has 7 heteroatoms. The van der Waals surface area contributed by atoms with E-state index in [1.165, 1.54) is 6.08 Å². The maximum Gasteiger partial charge on any atom is 0.334 e. The number of imidazole rings is 1. The van der Waals surface area contributed by atoms with E-state index in [0.717, 1.165) is 33.6 Å². The number of nitrogens with zero attached hydrogens (tertiary/aromatic N) is 4. The number of hydrogen-bond donors (Lipinski definition) is 0. The van der Waals surface area contributed by atoms with Gasteiger partial charge in [0.15, 0.2) is 0 Å². The van der Waals surface area contributed by atoms with Gasteiger partial charge < -0.3 is 9.64 Å². The number of amides is 1. The highest BCUT2D eigenvalue weighted by Gasteiger charge is 2.30. The normalized spacial score (nSPS) is 15.7. The van der Waals surface area contributed by atoms with E-state index in [2.05, 4.69) is 11.6 Å². The first-order valence-electron chi connectivity index (χ1n) is 10.8. The molecular weight excluding hydrogens is 416 g/mol. The van der Waals surface area contributed by atoms with Crippen LogP contribution >= 0.6 is 0 Å². The summed E-state index contributed by atoms with van der Waals surface area (Å²) in [7, 11) is 1.64. The van der Waals surface area contributed by atoms with Crippen LogP contribution in [0.25, 0.3) is 27.8 Å². The number of hydrogen-bond acceptors (Lipinski definition) is 4. The lowest BCUT2D eigenvalue weighted by Crippen LogP contribution is -2.31. The maximum absolute atomic E-state index is 13.7. The molecule has 1 atom stereocenters. The zero-order valence-electron chi connectivity index (χ0n) is 18.3. The quantitative estimate of drug-likeness (QED) is 0.443. The highest BCUT2D eigenvalue weighted by atomic mass is 16.5. The highest BCUT2D eigenvalue weighted by molar-refractivity contribution is 5.87. The number of carbonyl (C=O) groups is 1. The van der Waals surface area contributed by atoms with E-state index in [0.29, 0.717) is 19.5 Å². The summed E-state index contributed by atoms with van der Waals surface area (Å²) in [5.74, 6) is 0.684. The smallest absolute Gasteiger partial charge is 0.334 e. The summed E-state index contributed by atoms with van der Waals surface area (Å²) in [6.07, 6.45) is 5.45. The van der Waals surface area contributed by atoms with E-state index in [4.69, 9.17) is 4.74 Å². The number of ether oxygens (including phenoxy) is 1. The molecule has 1 amide bonds. The number of methoxy groups -OCH3 is 1. The standard InChI is InChI=1S/C26H24N4O3/c1-3-25(31)28-14-12-21(17-28)30-23-11-13-27-16-24(23)29(26(30)32)20-6-4-5-19(15-20)18-7-9-22(33-2)10-8-18/h3-11,13,15-16,21H,1,12,14,17H2,2H3/t21-/m1/s1. The van der Waals surface area contributed by atoms with Gasteiger partial charge in [0.05, 0.1) is 36.1 Å². The van der Waals surface area contributed by atoms with Gasteiger partial charge in [0, 0.05) is 19.3 Å². The van der Waals surface area contributed by atoms with Crippen LogP contribution in [0.3, 0.4) is 0 Å². The van der Waals surface area contributed by atoms with Gasteiger partial charge in [0.2, 0.25) is 5.91 Å². The molecule has 0 N–H and O–H groups in total. The Bertz CT molecular complexity index is 1400. The Kier molecular flexibility index (Phi) is 5.30. The molecule has 2 aromatic heterocycles. The highest BCUT2D eigenvalue weighted by Crippen LogP contribution is 2.28. The molecule has 7 nitrogen and oxygen atoms in total. The molecule has 1 aliphatic rings. The number of aromatic nitrogens is 3. The van der Waals surface area contributed by atoms with Gasteiger partial charge in [-0.05, 0) is 54.0 Å². The zero-order chi connectivity index (χ0) is 22.9. The second-order valence-corrected chi connectivity index (χ2v) is 8.06. The molecule has 3 heterocycles. The average molecular weight is 441 g/mol. The molecular formula is C26H24N4O3. The number of pyridine rings is 1. The Balaban J connectivity index is 1.60. The molecule has 1 aliphatic heterocycles. The van der Waals surface area contributed by atoms with Gasteiger partial charge in [-0.1, -0.05) is 30.8 Å². The molecule has 0 unspecified atom stereocenters. The fraction of sp³-hybridized carbons (Fsp3) is 0.192. The first-order valence-corrected chi connectivity index (χ1v) is 10.8. The van der Waals surface area contributed by atoms with Gasteiger partial charge in [-0.15, -0.1) is 0 Å². The monoisotopic (exact) mass is 440 g/mol. The first kappa shape index (κ1) is 20.8. The van der Waals surface area contributed by atoms with Crippen LogP contribution in [0.1, 0.15) is 12.5 Å². The molecule has 0 aliphatic carbocycles. The summed E-state index contributed by atoms with van der Waals surface area (Å²) in [6.45, 7) is 4.67. The van der Waals surface area contributed by atoms with Crippen LogP contribution < -0.4 is 10.4 Å². The van der Waals surface area contributed by atoms with Crippen molar-refractivity contribution in [1.82, 2.24) is 19.0 Å². The lowest BCUT2D eigenvalue weighted by atomic mass is 10.0.